The molecule has 0 bridgehead atoms. The molecule has 2 aromatic carbocycles. The number of benzene rings is 2. The van der Waals surface area contributed by atoms with Crippen LogP contribution < -0.4 is 0 Å². The van der Waals surface area contributed by atoms with E-state index >= 15 is 0 Å². The molecule has 3 aliphatic carbocycles. The highest BCUT2D eigenvalue weighted by Crippen LogP contribution is 2.54. The lowest BCUT2D eigenvalue weighted by Gasteiger charge is -2.35. The molecule has 0 heteroatoms. The van der Waals surface area contributed by atoms with Gasteiger partial charge in [0.15, 0.2) is 0 Å². The molecular weight excluding hydrogens is 432 g/mol. The maximum absolute atomic E-state index is 4.70. The van der Waals surface area contributed by atoms with Gasteiger partial charge in [-0.15, -0.1) is 0 Å². The van der Waals surface area contributed by atoms with Crippen molar-refractivity contribution in [3.8, 4) is 0 Å². The van der Waals surface area contributed by atoms with Crippen LogP contribution in [0.5, 0.6) is 0 Å². The SMILES string of the molecule is C=C(Cc1ccccc1)C1=C(C)C=C2CC(=Cc3ccc(C(C)C)cc3)C(=C)C2C1C1=CC=C(C)C1. The second kappa shape index (κ2) is 9.94. The summed E-state index contributed by atoms with van der Waals surface area (Å²) in [6, 6.07) is 19.8. The number of fused-ring (bicyclic) bond motifs is 1. The minimum absolute atomic E-state index is 0.316. The summed E-state index contributed by atoms with van der Waals surface area (Å²) >= 11 is 0. The maximum atomic E-state index is 4.70. The first-order valence-electron chi connectivity index (χ1n) is 13.3. The summed E-state index contributed by atoms with van der Waals surface area (Å²) in [6.45, 7) is 18.4. The standard InChI is InChI=1S/C36H38/c1-23(2)30-16-13-29(14-17-30)21-32-22-33-20-26(5)34(25(4)19-28-10-8-7-9-11-28)36(35(33)27(32)6)31-15-12-24(3)18-31/h7-17,20-21,23,35-36H,4,6,18-19,22H2,1-3,5H3. The predicted molar refractivity (Wildman–Crippen MR) is 156 cm³/mol. The van der Waals surface area contributed by atoms with E-state index in [4.69, 9.17) is 6.58 Å². The van der Waals surface area contributed by atoms with Gasteiger partial charge in [-0.25, -0.2) is 0 Å². The van der Waals surface area contributed by atoms with Gasteiger partial charge < -0.3 is 0 Å². The van der Waals surface area contributed by atoms with Crippen molar-refractivity contribution in [2.75, 3.05) is 0 Å². The van der Waals surface area contributed by atoms with Gasteiger partial charge in [0.05, 0.1) is 0 Å². The highest BCUT2D eigenvalue weighted by Gasteiger charge is 2.42. The molecule has 0 aliphatic heterocycles. The fraction of sp³-hybridized carbons (Fsp3) is 0.278. The Labute approximate surface area is 217 Å². The van der Waals surface area contributed by atoms with Crippen molar-refractivity contribution in [1.29, 1.82) is 0 Å². The van der Waals surface area contributed by atoms with Crippen LogP contribution in [0.1, 0.15) is 63.1 Å². The van der Waals surface area contributed by atoms with Crippen molar-refractivity contribution in [2.24, 2.45) is 11.8 Å². The first-order valence-corrected chi connectivity index (χ1v) is 13.3. The van der Waals surface area contributed by atoms with Crippen LogP contribution in [-0.2, 0) is 6.42 Å². The van der Waals surface area contributed by atoms with E-state index in [1.165, 1.54) is 61.3 Å². The van der Waals surface area contributed by atoms with Crippen LogP contribution in [0.4, 0.5) is 0 Å². The van der Waals surface area contributed by atoms with Crippen LogP contribution in [0.2, 0.25) is 0 Å². The Morgan fingerprint density at radius 2 is 1.64 bits per heavy atom. The van der Waals surface area contributed by atoms with E-state index in [0.717, 1.165) is 19.3 Å². The molecule has 2 aromatic rings. The fourth-order valence-electron chi connectivity index (χ4n) is 6.25. The lowest BCUT2D eigenvalue weighted by Crippen LogP contribution is -2.24. The molecule has 0 aromatic heterocycles. The quantitative estimate of drug-likeness (QED) is 0.394. The molecule has 182 valence electrons. The van der Waals surface area contributed by atoms with Crippen LogP contribution in [-0.4, -0.2) is 0 Å². The fourth-order valence-corrected chi connectivity index (χ4v) is 6.25. The average Bonchev–Trinajstić information content (AvgIpc) is 3.42. The molecule has 0 radical (unpaired) electrons. The highest BCUT2D eigenvalue weighted by atomic mass is 14.4. The van der Waals surface area contributed by atoms with E-state index in [0.29, 0.717) is 17.8 Å². The first-order chi connectivity index (χ1) is 17.3. The normalized spacial score (nSPS) is 22.6. The Hall–Kier alpha value is -3.38. The Kier molecular flexibility index (Phi) is 6.71. The van der Waals surface area contributed by atoms with E-state index in [9.17, 15) is 0 Å². The average molecular weight is 471 g/mol. The van der Waals surface area contributed by atoms with Crippen molar-refractivity contribution < 1.29 is 0 Å². The molecule has 36 heavy (non-hydrogen) atoms. The smallest absolute Gasteiger partial charge is 0.0166 e. The number of rotatable bonds is 6. The minimum Gasteiger partial charge on any atom is -0.0952 e. The highest BCUT2D eigenvalue weighted by molar-refractivity contribution is 5.67. The van der Waals surface area contributed by atoms with E-state index in [1.807, 2.05) is 0 Å². The summed E-state index contributed by atoms with van der Waals surface area (Å²) in [4.78, 5) is 0. The largest absolute Gasteiger partial charge is 0.0952 e. The Balaban J connectivity index is 1.49. The molecule has 1 fully saturated rings. The number of hydrogen-bond donors (Lipinski definition) is 0. The summed E-state index contributed by atoms with van der Waals surface area (Å²) in [5, 5.41) is 0. The van der Waals surface area contributed by atoms with Gasteiger partial charge in [-0.1, -0.05) is 123 Å². The van der Waals surface area contributed by atoms with E-state index in [2.05, 4.69) is 113 Å². The third kappa shape index (κ3) is 4.70. The molecule has 5 rings (SSSR count). The molecule has 0 saturated heterocycles. The molecule has 1 saturated carbocycles. The number of hydrogen-bond acceptors (Lipinski definition) is 0. The van der Waals surface area contributed by atoms with Gasteiger partial charge in [0, 0.05) is 11.8 Å². The van der Waals surface area contributed by atoms with Gasteiger partial charge in [-0.2, -0.15) is 0 Å². The zero-order chi connectivity index (χ0) is 25.4. The Bertz CT molecular complexity index is 1350. The summed E-state index contributed by atoms with van der Waals surface area (Å²) in [6.07, 6.45) is 12.4. The van der Waals surface area contributed by atoms with Crippen molar-refractivity contribution in [3.63, 3.8) is 0 Å². The minimum atomic E-state index is 0.316. The van der Waals surface area contributed by atoms with Crippen LogP contribution in [0.3, 0.4) is 0 Å². The second-order valence-electron chi connectivity index (χ2n) is 11.2. The van der Waals surface area contributed by atoms with Crippen molar-refractivity contribution in [1.82, 2.24) is 0 Å². The molecule has 2 unspecified atom stereocenters. The molecule has 0 N–H and O–H groups in total. The van der Waals surface area contributed by atoms with Crippen LogP contribution in [0.15, 0.2) is 131 Å². The molecule has 0 spiro atoms. The molecule has 0 nitrogen and oxygen atoms in total. The monoisotopic (exact) mass is 470 g/mol. The van der Waals surface area contributed by atoms with Crippen molar-refractivity contribution in [3.05, 3.63) is 147 Å². The van der Waals surface area contributed by atoms with Crippen LogP contribution in [0.25, 0.3) is 6.08 Å². The summed E-state index contributed by atoms with van der Waals surface area (Å²) in [5.74, 6) is 1.19. The molecule has 2 atom stereocenters. The van der Waals surface area contributed by atoms with E-state index in [1.54, 1.807) is 0 Å². The maximum Gasteiger partial charge on any atom is 0.0166 e. The number of allylic oxidation sites excluding steroid dienone is 11. The second-order valence-corrected chi connectivity index (χ2v) is 11.2. The molecular formula is C36H38. The van der Waals surface area contributed by atoms with Gasteiger partial charge in [-0.3, -0.25) is 0 Å². The lowest BCUT2D eigenvalue weighted by molar-refractivity contribution is 0.555. The molecule has 0 amide bonds. The Morgan fingerprint density at radius 3 is 2.28 bits per heavy atom. The lowest BCUT2D eigenvalue weighted by atomic mass is 9.68. The summed E-state index contributed by atoms with van der Waals surface area (Å²) < 4.78 is 0. The zero-order valence-corrected chi connectivity index (χ0v) is 22.3. The Morgan fingerprint density at radius 1 is 0.917 bits per heavy atom. The van der Waals surface area contributed by atoms with Crippen molar-refractivity contribution in [2.45, 2.75) is 52.9 Å². The van der Waals surface area contributed by atoms with Gasteiger partial charge >= 0.3 is 0 Å². The topological polar surface area (TPSA) is 0 Å². The van der Waals surface area contributed by atoms with Gasteiger partial charge in [0.25, 0.3) is 0 Å². The molecule has 0 heterocycles. The van der Waals surface area contributed by atoms with Crippen LogP contribution in [0, 0.1) is 11.8 Å². The van der Waals surface area contributed by atoms with Gasteiger partial charge in [0.2, 0.25) is 0 Å². The van der Waals surface area contributed by atoms with E-state index in [-0.39, 0.29) is 0 Å². The van der Waals surface area contributed by atoms with Gasteiger partial charge in [0.1, 0.15) is 0 Å². The summed E-state index contributed by atoms with van der Waals surface area (Å²) in [7, 11) is 0. The molecule has 3 aliphatic rings. The first kappa shape index (κ1) is 24.3. The third-order valence-electron chi connectivity index (χ3n) is 8.10. The summed E-state index contributed by atoms with van der Waals surface area (Å²) in [5.41, 5.74) is 15.1. The third-order valence-corrected chi connectivity index (χ3v) is 8.10. The zero-order valence-electron chi connectivity index (χ0n) is 22.3. The van der Waals surface area contributed by atoms with Crippen LogP contribution >= 0.6 is 0 Å². The van der Waals surface area contributed by atoms with Gasteiger partial charge in [-0.05, 0) is 83.6 Å². The van der Waals surface area contributed by atoms with Crippen molar-refractivity contribution >= 4 is 6.08 Å². The van der Waals surface area contributed by atoms with E-state index < -0.39 is 0 Å². The predicted octanol–water partition coefficient (Wildman–Crippen LogP) is 9.72.